The molecule has 0 fully saturated rings. The van der Waals surface area contributed by atoms with E-state index < -0.39 is 0 Å². The van der Waals surface area contributed by atoms with Crippen LogP contribution in [0.5, 0.6) is 0 Å². The van der Waals surface area contributed by atoms with Gasteiger partial charge in [-0.25, -0.2) is 0 Å². The summed E-state index contributed by atoms with van der Waals surface area (Å²) in [5.41, 5.74) is 0.660. The maximum Gasteiger partial charge on any atom is 0.220 e. The van der Waals surface area contributed by atoms with Crippen LogP contribution in [-0.4, -0.2) is 31.4 Å². The van der Waals surface area contributed by atoms with Crippen LogP contribution in [0.2, 0.25) is 0 Å². The molecule has 1 N–H and O–H groups in total. The van der Waals surface area contributed by atoms with Gasteiger partial charge < -0.3 is 10.1 Å². The third-order valence-corrected chi connectivity index (χ3v) is 2.91. The summed E-state index contributed by atoms with van der Waals surface area (Å²) in [6.45, 7) is 6.20. The first kappa shape index (κ1) is 17.4. The van der Waals surface area contributed by atoms with Crippen molar-refractivity contribution in [3.63, 3.8) is 0 Å². The Hall–Kier alpha value is -1.68. The first-order valence-electron chi connectivity index (χ1n) is 7.52. The van der Waals surface area contributed by atoms with Gasteiger partial charge >= 0.3 is 0 Å². The van der Waals surface area contributed by atoms with E-state index in [-0.39, 0.29) is 24.5 Å². The van der Waals surface area contributed by atoms with Crippen LogP contribution in [0.3, 0.4) is 0 Å². The van der Waals surface area contributed by atoms with E-state index in [0.717, 1.165) is 13.0 Å². The Morgan fingerprint density at radius 1 is 1.14 bits per heavy atom. The Balaban J connectivity index is 2.08. The zero-order valence-electron chi connectivity index (χ0n) is 12.9. The van der Waals surface area contributed by atoms with Crippen molar-refractivity contribution in [2.75, 3.05) is 19.8 Å². The lowest BCUT2D eigenvalue weighted by molar-refractivity contribution is -0.121. The minimum Gasteiger partial charge on any atom is -0.381 e. The summed E-state index contributed by atoms with van der Waals surface area (Å²) in [5, 5.41) is 2.81. The predicted molar refractivity (Wildman–Crippen MR) is 83.3 cm³/mol. The second kappa shape index (κ2) is 10.1. The number of ketones is 1. The van der Waals surface area contributed by atoms with Crippen LogP contribution in [-0.2, 0) is 9.53 Å². The maximum absolute atomic E-state index is 11.8. The highest BCUT2D eigenvalue weighted by molar-refractivity contribution is 5.97. The summed E-state index contributed by atoms with van der Waals surface area (Å²) in [6, 6.07) is 9.05. The number of nitrogens with one attached hydrogen (secondary N) is 1. The van der Waals surface area contributed by atoms with Gasteiger partial charge in [0.2, 0.25) is 5.91 Å². The lowest BCUT2D eigenvalue weighted by Gasteiger charge is -2.07. The van der Waals surface area contributed by atoms with E-state index in [4.69, 9.17) is 4.74 Å². The summed E-state index contributed by atoms with van der Waals surface area (Å²) in [6.07, 6.45) is 1.28. The molecule has 0 radical (unpaired) electrons. The monoisotopic (exact) mass is 291 g/mol. The highest BCUT2D eigenvalue weighted by Gasteiger charge is 2.08. The lowest BCUT2D eigenvalue weighted by Crippen LogP contribution is -2.25. The van der Waals surface area contributed by atoms with Crippen molar-refractivity contribution in [1.82, 2.24) is 5.32 Å². The molecule has 0 atom stereocenters. The molecular formula is C17H25NO3. The molecule has 1 aromatic rings. The van der Waals surface area contributed by atoms with Gasteiger partial charge in [-0.05, 0) is 12.3 Å². The smallest absolute Gasteiger partial charge is 0.220 e. The van der Waals surface area contributed by atoms with Crippen LogP contribution in [0.4, 0.5) is 0 Å². The number of hydrogen-bond acceptors (Lipinski definition) is 3. The van der Waals surface area contributed by atoms with Gasteiger partial charge in [-0.3, -0.25) is 9.59 Å². The fourth-order valence-electron chi connectivity index (χ4n) is 1.80. The van der Waals surface area contributed by atoms with Gasteiger partial charge in [0.15, 0.2) is 5.78 Å². The molecule has 0 aliphatic carbocycles. The average Bonchev–Trinajstić information content (AvgIpc) is 2.49. The van der Waals surface area contributed by atoms with Crippen LogP contribution in [0.25, 0.3) is 0 Å². The summed E-state index contributed by atoms with van der Waals surface area (Å²) < 4.78 is 5.43. The molecule has 0 saturated carbocycles. The topological polar surface area (TPSA) is 55.4 Å². The number of carbonyl (C=O) groups excluding carboxylic acids is 2. The second-order valence-corrected chi connectivity index (χ2v) is 5.46. The summed E-state index contributed by atoms with van der Waals surface area (Å²) in [4.78, 5) is 23.4. The SMILES string of the molecule is CC(C)COCCCNC(=O)CCC(=O)c1ccccc1. The van der Waals surface area contributed by atoms with Gasteiger partial charge in [0.25, 0.3) is 0 Å². The quantitative estimate of drug-likeness (QED) is 0.533. The number of hydrogen-bond donors (Lipinski definition) is 1. The average molecular weight is 291 g/mol. The zero-order chi connectivity index (χ0) is 15.5. The molecule has 21 heavy (non-hydrogen) atoms. The van der Waals surface area contributed by atoms with Crippen molar-refractivity contribution in [2.24, 2.45) is 5.92 Å². The third-order valence-electron chi connectivity index (χ3n) is 2.91. The molecule has 0 aromatic heterocycles. The van der Waals surface area contributed by atoms with Crippen molar-refractivity contribution in [2.45, 2.75) is 33.1 Å². The van der Waals surface area contributed by atoms with Crippen molar-refractivity contribution >= 4 is 11.7 Å². The molecule has 4 nitrogen and oxygen atoms in total. The van der Waals surface area contributed by atoms with Gasteiger partial charge in [0.1, 0.15) is 0 Å². The summed E-state index contributed by atoms with van der Waals surface area (Å²) in [5.74, 6) is 0.456. The maximum atomic E-state index is 11.8. The molecule has 1 rings (SSSR count). The van der Waals surface area contributed by atoms with E-state index in [9.17, 15) is 9.59 Å². The molecule has 0 heterocycles. The molecule has 1 aromatic carbocycles. The standard InChI is InChI=1S/C17H25NO3/c1-14(2)13-21-12-6-11-18-17(20)10-9-16(19)15-7-4-3-5-8-15/h3-5,7-8,14H,6,9-13H2,1-2H3,(H,18,20). The van der Waals surface area contributed by atoms with Gasteiger partial charge in [0, 0.05) is 38.2 Å². The Morgan fingerprint density at radius 2 is 1.86 bits per heavy atom. The van der Waals surface area contributed by atoms with Gasteiger partial charge in [-0.2, -0.15) is 0 Å². The minimum atomic E-state index is -0.0804. The molecule has 0 aliphatic rings. The highest BCUT2D eigenvalue weighted by Crippen LogP contribution is 2.04. The summed E-state index contributed by atoms with van der Waals surface area (Å²) >= 11 is 0. The Bertz CT molecular complexity index is 429. The lowest BCUT2D eigenvalue weighted by atomic mass is 10.1. The number of carbonyl (C=O) groups is 2. The van der Waals surface area contributed by atoms with E-state index >= 15 is 0 Å². The van der Waals surface area contributed by atoms with E-state index in [0.29, 0.717) is 24.6 Å². The number of amides is 1. The molecule has 0 spiro atoms. The number of ether oxygens (including phenoxy) is 1. The fraction of sp³-hybridized carbons (Fsp3) is 0.529. The van der Waals surface area contributed by atoms with E-state index in [1.165, 1.54) is 0 Å². The highest BCUT2D eigenvalue weighted by atomic mass is 16.5. The van der Waals surface area contributed by atoms with Crippen molar-refractivity contribution in [1.29, 1.82) is 0 Å². The van der Waals surface area contributed by atoms with Gasteiger partial charge in [-0.15, -0.1) is 0 Å². The van der Waals surface area contributed by atoms with E-state index in [1.807, 2.05) is 18.2 Å². The molecule has 0 aliphatic heterocycles. The number of benzene rings is 1. The Morgan fingerprint density at radius 3 is 2.52 bits per heavy atom. The molecular weight excluding hydrogens is 266 g/mol. The predicted octanol–water partition coefficient (Wildman–Crippen LogP) is 2.83. The normalized spacial score (nSPS) is 10.6. The Kier molecular flexibility index (Phi) is 8.36. The number of Topliss-reactive ketones (excluding diaryl/α,β-unsaturated/α-hetero) is 1. The van der Waals surface area contributed by atoms with Crippen molar-refractivity contribution in [3.8, 4) is 0 Å². The fourth-order valence-corrected chi connectivity index (χ4v) is 1.80. The van der Waals surface area contributed by atoms with Crippen LogP contribution in [0, 0.1) is 5.92 Å². The van der Waals surface area contributed by atoms with Gasteiger partial charge in [-0.1, -0.05) is 44.2 Å². The first-order valence-corrected chi connectivity index (χ1v) is 7.52. The molecule has 0 unspecified atom stereocenters. The van der Waals surface area contributed by atoms with Gasteiger partial charge in [0.05, 0.1) is 0 Å². The van der Waals surface area contributed by atoms with Crippen LogP contribution in [0.15, 0.2) is 30.3 Å². The molecule has 116 valence electrons. The van der Waals surface area contributed by atoms with E-state index in [1.54, 1.807) is 12.1 Å². The molecule has 0 bridgehead atoms. The Labute approximate surface area is 126 Å². The zero-order valence-corrected chi connectivity index (χ0v) is 12.9. The summed E-state index contributed by atoms with van der Waals surface area (Å²) in [7, 11) is 0. The molecule has 1 amide bonds. The third kappa shape index (κ3) is 8.25. The first-order chi connectivity index (χ1) is 10.1. The van der Waals surface area contributed by atoms with Crippen LogP contribution in [0.1, 0.15) is 43.5 Å². The second-order valence-electron chi connectivity index (χ2n) is 5.46. The van der Waals surface area contributed by atoms with Crippen molar-refractivity contribution in [3.05, 3.63) is 35.9 Å². The molecule has 0 saturated heterocycles. The van der Waals surface area contributed by atoms with Crippen LogP contribution < -0.4 is 5.32 Å². The largest absolute Gasteiger partial charge is 0.381 e. The van der Waals surface area contributed by atoms with E-state index in [2.05, 4.69) is 19.2 Å². The number of rotatable bonds is 10. The van der Waals surface area contributed by atoms with Crippen molar-refractivity contribution < 1.29 is 14.3 Å². The minimum absolute atomic E-state index is 0.00557. The van der Waals surface area contributed by atoms with Crippen LogP contribution >= 0.6 is 0 Å². The molecule has 4 heteroatoms.